The average molecular weight is 448 g/mol. The Kier molecular flexibility index (Phi) is 5.99. The van der Waals surface area contributed by atoms with Gasteiger partial charge in [-0.2, -0.15) is 0 Å². The third-order valence-electron chi connectivity index (χ3n) is 3.16. The van der Waals surface area contributed by atoms with Gasteiger partial charge < -0.3 is 5.32 Å². The highest BCUT2D eigenvalue weighted by molar-refractivity contribution is 14.1. The Morgan fingerprint density at radius 1 is 1.20 bits per heavy atom. The summed E-state index contributed by atoms with van der Waals surface area (Å²) in [6.07, 6.45) is 0.776. The smallest absolute Gasteiger partial charge is 0.142 e. The van der Waals surface area contributed by atoms with Crippen molar-refractivity contribution in [3.63, 3.8) is 0 Å². The van der Waals surface area contributed by atoms with Gasteiger partial charge >= 0.3 is 0 Å². The molecule has 0 saturated carbocycles. The lowest BCUT2D eigenvalue weighted by Gasteiger charge is -2.19. The Labute approximate surface area is 141 Å². The van der Waals surface area contributed by atoms with E-state index in [4.69, 9.17) is 0 Å². The van der Waals surface area contributed by atoms with Crippen LogP contribution in [0.3, 0.4) is 0 Å². The fourth-order valence-corrected chi connectivity index (χ4v) is 2.93. The number of rotatable bonds is 5. The van der Waals surface area contributed by atoms with Crippen molar-refractivity contribution < 1.29 is 4.39 Å². The molecule has 0 aliphatic rings. The van der Waals surface area contributed by atoms with E-state index in [2.05, 4.69) is 68.1 Å². The molecule has 2 aromatic rings. The molecule has 1 N–H and O–H groups in total. The van der Waals surface area contributed by atoms with Gasteiger partial charge in [0, 0.05) is 15.2 Å². The average Bonchev–Trinajstić information content (AvgIpc) is 2.44. The third-order valence-corrected chi connectivity index (χ3v) is 4.49. The summed E-state index contributed by atoms with van der Waals surface area (Å²) in [5.41, 5.74) is 1.91. The molecule has 0 spiro atoms. The Morgan fingerprint density at radius 2 is 1.90 bits per heavy atom. The van der Waals surface area contributed by atoms with Gasteiger partial charge in [-0.3, -0.25) is 0 Å². The van der Waals surface area contributed by atoms with Crippen LogP contribution in [0.25, 0.3) is 0 Å². The molecule has 1 nitrogen and oxygen atoms in total. The van der Waals surface area contributed by atoms with Gasteiger partial charge in [-0.25, -0.2) is 4.39 Å². The van der Waals surface area contributed by atoms with Gasteiger partial charge in [0.05, 0.1) is 4.47 Å². The molecule has 0 aliphatic carbocycles. The van der Waals surface area contributed by atoms with Crippen LogP contribution in [-0.4, -0.2) is 6.54 Å². The van der Waals surface area contributed by atoms with Crippen molar-refractivity contribution in [2.75, 3.05) is 6.54 Å². The van der Waals surface area contributed by atoms with Gasteiger partial charge in [-0.1, -0.05) is 31.2 Å². The lowest BCUT2D eigenvalue weighted by Crippen LogP contribution is -2.24. The Hall–Kier alpha value is -0.460. The molecule has 0 aliphatic heterocycles. The maximum Gasteiger partial charge on any atom is 0.142 e. The van der Waals surface area contributed by atoms with Crippen LogP contribution in [0.5, 0.6) is 0 Å². The highest BCUT2D eigenvalue weighted by Crippen LogP contribution is 2.26. The zero-order chi connectivity index (χ0) is 14.5. The van der Waals surface area contributed by atoms with E-state index in [9.17, 15) is 4.39 Å². The van der Waals surface area contributed by atoms with Crippen molar-refractivity contribution in [1.29, 1.82) is 0 Å². The first kappa shape index (κ1) is 15.9. The summed E-state index contributed by atoms with van der Waals surface area (Å²) >= 11 is 5.54. The number of benzene rings is 2. The van der Waals surface area contributed by atoms with Crippen molar-refractivity contribution in [2.24, 2.45) is 0 Å². The van der Waals surface area contributed by atoms with E-state index in [0.29, 0.717) is 10.0 Å². The van der Waals surface area contributed by atoms with Gasteiger partial charge in [0.2, 0.25) is 0 Å². The van der Waals surface area contributed by atoms with Crippen LogP contribution >= 0.6 is 38.5 Å². The second-order valence-corrected chi connectivity index (χ2v) is 6.68. The monoisotopic (exact) mass is 447 g/mol. The summed E-state index contributed by atoms with van der Waals surface area (Å²) in [6.45, 7) is 2.85. The fourth-order valence-electron chi connectivity index (χ4n) is 2.18. The highest BCUT2D eigenvalue weighted by Gasteiger charge is 2.17. The molecule has 1 atom stereocenters. The Morgan fingerprint density at radius 3 is 2.55 bits per heavy atom. The summed E-state index contributed by atoms with van der Waals surface area (Å²) in [6, 6.07) is 13.8. The Balaban J connectivity index is 2.26. The SMILES string of the molecule is CCNC(Cc1ccc(I)cc1)c1cccc(Br)c1F. The standard InChI is InChI=1S/C16H16BrFIN/c1-2-20-15(10-11-6-8-12(19)9-7-11)13-4-3-5-14(17)16(13)18/h3-9,15,20H,2,10H2,1H3. The highest BCUT2D eigenvalue weighted by atomic mass is 127. The summed E-state index contributed by atoms with van der Waals surface area (Å²) < 4.78 is 16.0. The predicted octanol–water partition coefficient (Wildman–Crippen LogP) is 5.09. The first-order valence-corrected chi connectivity index (χ1v) is 8.40. The van der Waals surface area contributed by atoms with Crippen LogP contribution in [0.4, 0.5) is 4.39 Å². The van der Waals surface area contributed by atoms with Gasteiger partial charge in [0.15, 0.2) is 0 Å². The Bertz CT molecular complexity index is 571. The number of halogens is 3. The van der Waals surface area contributed by atoms with Crippen LogP contribution in [0, 0.1) is 9.39 Å². The molecule has 4 heteroatoms. The van der Waals surface area contributed by atoms with Crippen LogP contribution in [0.2, 0.25) is 0 Å². The van der Waals surface area contributed by atoms with Crippen molar-refractivity contribution in [2.45, 2.75) is 19.4 Å². The largest absolute Gasteiger partial charge is 0.310 e. The van der Waals surface area contributed by atoms with Gasteiger partial charge in [-0.15, -0.1) is 0 Å². The first-order valence-electron chi connectivity index (χ1n) is 6.53. The second kappa shape index (κ2) is 7.52. The minimum atomic E-state index is -0.177. The van der Waals surface area contributed by atoms with Gasteiger partial charge in [-0.05, 0) is 75.2 Å². The number of likely N-dealkylation sites (N-methyl/N-ethyl adjacent to an activating group) is 1. The van der Waals surface area contributed by atoms with E-state index in [1.807, 2.05) is 19.1 Å². The molecule has 0 fully saturated rings. The molecule has 0 bridgehead atoms. The molecule has 0 aromatic heterocycles. The van der Waals surface area contributed by atoms with Crippen molar-refractivity contribution in [1.82, 2.24) is 5.32 Å². The van der Waals surface area contributed by atoms with Crippen molar-refractivity contribution in [3.05, 3.63) is 67.5 Å². The van der Waals surface area contributed by atoms with E-state index in [1.165, 1.54) is 9.13 Å². The molecule has 0 radical (unpaired) electrons. The predicted molar refractivity (Wildman–Crippen MR) is 93.4 cm³/mol. The molecular weight excluding hydrogens is 432 g/mol. The minimum Gasteiger partial charge on any atom is -0.310 e. The maximum absolute atomic E-state index is 14.3. The van der Waals surface area contributed by atoms with Crippen LogP contribution in [-0.2, 0) is 6.42 Å². The van der Waals surface area contributed by atoms with E-state index in [0.717, 1.165) is 13.0 Å². The normalized spacial score (nSPS) is 12.4. The summed E-state index contributed by atoms with van der Waals surface area (Å²) in [4.78, 5) is 0. The van der Waals surface area contributed by atoms with Crippen molar-refractivity contribution in [3.8, 4) is 0 Å². The summed E-state index contributed by atoms with van der Waals surface area (Å²) in [5.74, 6) is -0.177. The van der Waals surface area contributed by atoms with E-state index in [1.54, 1.807) is 6.07 Å². The summed E-state index contributed by atoms with van der Waals surface area (Å²) in [7, 11) is 0. The van der Waals surface area contributed by atoms with Gasteiger partial charge in [0.25, 0.3) is 0 Å². The topological polar surface area (TPSA) is 12.0 Å². The van der Waals surface area contributed by atoms with Gasteiger partial charge in [0.1, 0.15) is 5.82 Å². The first-order chi connectivity index (χ1) is 9.61. The molecule has 0 heterocycles. The van der Waals surface area contributed by atoms with Crippen LogP contribution in [0.1, 0.15) is 24.1 Å². The van der Waals surface area contributed by atoms with Crippen LogP contribution < -0.4 is 5.32 Å². The van der Waals surface area contributed by atoms with E-state index >= 15 is 0 Å². The zero-order valence-corrected chi connectivity index (χ0v) is 14.9. The van der Waals surface area contributed by atoms with E-state index in [-0.39, 0.29) is 11.9 Å². The van der Waals surface area contributed by atoms with Crippen molar-refractivity contribution >= 4 is 38.5 Å². The molecule has 0 amide bonds. The maximum atomic E-state index is 14.3. The number of hydrogen-bond donors (Lipinski definition) is 1. The molecular formula is C16H16BrFIN. The number of hydrogen-bond acceptors (Lipinski definition) is 1. The van der Waals surface area contributed by atoms with E-state index < -0.39 is 0 Å². The molecule has 2 rings (SSSR count). The lowest BCUT2D eigenvalue weighted by molar-refractivity contribution is 0.507. The number of nitrogens with one attached hydrogen (secondary N) is 1. The molecule has 2 aromatic carbocycles. The molecule has 0 saturated heterocycles. The fraction of sp³-hybridized carbons (Fsp3) is 0.250. The zero-order valence-electron chi connectivity index (χ0n) is 11.2. The lowest BCUT2D eigenvalue weighted by atomic mass is 9.98. The molecule has 1 unspecified atom stereocenters. The van der Waals surface area contributed by atoms with Crippen LogP contribution in [0.15, 0.2) is 46.9 Å². The molecule has 20 heavy (non-hydrogen) atoms. The second-order valence-electron chi connectivity index (χ2n) is 4.58. The molecule has 106 valence electrons. The minimum absolute atomic E-state index is 0.0161. The quantitative estimate of drug-likeness (QED) is 0.629. The summed E-state index contributed by atoms with van der Waals surface area (Å²) in [5, 5.41) is 3.37. The third kappa shape index (κ3) is 4.02.